The van der Waals surface area contributed by atoms with Gasteiger partial charge in [-0.25, -0.2) is 0 Å². The predicted octanol–water partition coefficient (Wildman–Crippen LogP) is 9.23. The van der Waals surface area contributed by atoms with E-state index in [9.17, 15) is 5.11 Å². The molecule has 5 rings (SSSR count). The van der Waals surface area contributed by atoms with Crippen LogP contribution < -0.4 is 14.5 Å². The van der Waals surface area contributed by atoms with Crippen molar-refractivity contribution in [2.75, 3.05) is 38.0 Å². The first-order valence-corrected chi connectivity index (χ1v) is 21.5. The van der Waals surface area contributed by atoms with Gasteiger partial charge >= 0.3 is 322 Å². The van der Waals surface area contributed by atoms with Crippen LogP contribution in [0.5, 0.6) is 11.5 Å². The zero-order valence-corrected chi connectivity index (χ0v) is 36.9. The Balaban J connectivity index is 1.64. The Morgan fingerprint density at radius 3 is 2.21 bits per heavy atom. The van der Waals surface area contributed by atoms with Crippen molar-refractivity contribution in [2.24, 2.45) is 0 Å². The number of fused-ring (bicyclic) bond motifs is 1. The number of ether oxygens (including phenoxy) is 1. The molecule has 4 nitrogen and oxygen atoms in total. The van der Waals surface area contributed by atoms with E-state index in [-0.39, 0.29) is 0 Å². The third kappa shape index (κ3) is 8.65. The van der Waals surface area contributed by atoms with E-state index in [0.717, 1.165) is 125 Å². The van der Waals surface area contributed by atoms with Crippen molar-refractivity contribution in [1.29, 1.82) is 0 Å². The number of aromatic hydroxyl groups is 1. The molecule has 2 aliphatic rings. The summed E-state index contributed by atoms with van der Waals surface area (Å²) in [6.07, 6.45) is 18.9. The third-order valence-corrected chi connectivity index (χ3v) is 10.8. The number of hydrogen-bond donors (Lipinski definition) is 1. The van der Waals surface area contributed by atoms with Crippen LogP contribution in [0.15, 0.2) is 106 Å². The first kappa shape index (κ1) is 36.4. The summed E-state index contributed by atoms with van der Waals surface area (Å²) >= 11 is 1.91. The number of aryl methyl sites for hydroxylation is 2. The minimum absolute atomic E-state index is 0.321. The fourth-order valence-electron chi connectivity index (χ4n) is 6.36. The van der Waals surface area contributed by atoms with Gasteiger partial charge in [0.2, 0.25) is 0 Å². The van der Waals surface area contributed by atoms with Crippen LogP contribution >= 0.6 is 0 Å². The van der Waals surface area contributed by atoms with Crippen molar-refractivity contribution in [3.8, 4) is 11.5 Å². The summed E-state index contributed by atoms with van der Waals surface area (Å²) in [7, 11) is 8.13. The molecule has 0 atom stereocenters. The molecule has 244 valence electrons. The van der Waals surface area contributed by atoms with Gasteiger partial charge in [-0.15, -0.1) is 0 Å². The molecule has 3 aromatic rings. The van der Waals surface area contributed by atoms with Crippen molar-refractivity contribution < 1.29 is 9.84 Å². The van der Waals surface area contributed by atoms with Crippen LogP contribution in [0.3, 0.4) is 0 Å². The van der Waals surface area contributed by atoms with E-state index in [1.807, 2.05) is 25.1 Å². The molecular weight excluding hydrogens is 979 g/mol. The van der Waals surface area contributed by atoms with Crippen LogP contribution in [0.2, 0.25) is 3.98 Å². The van der Waals surface area contributed by atoms with Crippen LogP contribution in [0.1, 0.15) is 60.9 Å². The predicted molar refractivity (Wildman–Crippen MR) is 207 cm³/mol. The molecule has 0 unspecified atom stereocenters. The van der Waals surface area contributed by atoms with E-state index >= 15 is 0 Å². The molecule has 0 amide bonds. The maximum absolute atomic E-state index is 11.1. The van der Waals surface area contributed by atoms with Gasteiger partial charge in [0.1, 0.15) is 0 Å². The number of nitrogens with zero attached hydrogens (tertiary/aromatic N) is 2. The number of allylic oxidation sites excluding steroid dienone is 11. The summed E-state index contributed by atoms with van der Waals surface area (Å²) in [5.41, 5.74) is 14.6. The fourth-order valence-corrected chi connectivity index (χ4v) is 8.25. The molecule has 0 aromatic heterocycles. The fraction of sp³-hybridized carbons (Fsp3) is 0.286. The van der Waals surface area contributed by atoms with E-state index in [0.29, 0.717) is 5.75 Å². The second-order valence-corrected chi connectivity index (χ2v) is 16.3. The van der Waals surface area contributed by atoms with Gasteiger partial charge in [0.05, 0.1) is 0 Å². The van der Waals surface area contributed by atoms with Crippen molar-refractivity contribution in [2.45, 2.75) is 49.9 Å². The molecule has 1 aliphatic carbocycles. The quantitative estimate of drug-likeness (QED) is 0.163. The molecule has 6 radical (unpaired) electrons. The molecule has 3 aromatic carbocycles. The third-order valence-electron chi connectivity index (χ3n) is 9.05. The molecule has 6 heteroatoms. The van der Waals surface area contributed by atoms with Crippen LogP contribution in [-0.2, 0) is 12.8 Å². The SMILES string of the molecule is CCc1cc(CC)cc(C2=C(/C=C/C(=C/[CH2][Pb])c3ccc(N(C)C)cc3O)CCC/C2=C\C=C2/C=[C]([Pb])Oc3cc(N(C)C)ccc32)c1. The molecule has 0 saturated heterocycles. The zero-order valence-electron chi connectivity index (χ0n) is 29.2. The van der Waals surface area contributed by atoms with E-state index in [1.54, 1.807) is 0 Å². The van der Waals surface area contributed by atoms with Crippen LogP contribution in [0.25, 0.3) is 16.7 Å². The van der Waals surface area contributed by atoms with Crippen molar-refractivity contribution >= 4 is 79.6 Å². The number of phenolic OH excluding ortho intramolecular Hbond substituents is 1. The average molecular weight is 1030 g/mol. The molecule has 0 bridgehead atoms. The van der Waals surface area contributed by atoms with E-state index in [1.165, 1.54) is 39.0 Å². The van der Waals surface area contributed by atoms with Gasteiger partial charge in [-0.2, -0.15) is 0 Å². The van der Waals surface area contributed by atoms with Gasteiger partial charge in [-0.3, -0.25) is 0 Å². The van der Waals surface area contributed by atoms with E-state index in [4.69, 9.17) is 4.74 Å². The number of anilines is 2. The minimum atomic E-state index is 0.321. The molecule has 48 heavy (non-hydrogen) atoms. The number of rotatable bonds is 10. The average Bonchev–Trinajstić information content (AvgIpc) is 3.08. The Morgan fingerprint density at radius 2 is 1.56 bits per heavy atom. The van der Waals surface area contributed by atoms with Crippen LogP contribution in [0.4, 0.5) is 11.4 Å². The summed E-state index contributed by atoms with van der Waals surface area (Å²) < 4.78 is 8.29. The summed E-state index contributed by atoms with van der Waals surface area (Å²) in [6.45, 7) is 4.49. The summed E-state index contributed by atoms with van der Waals surface area (Å²) in [5, 5.41) is 11.1. The summed E-state index contributed by atoms with van der Waals surface area (Å²) in [6, 6.07) is 19.7. The van der Waals surface area contributed by atoms with E-state index < -0.39 is 0 Å². The molecule has 0 saturated carbocycles. The normalized spacial score (nSPS) is 16.8. The maximum atomic E-state index is 11.1. The topological polar surface area (TPSA) is 35.9 Å². The van der Waals surface area contributed by atoms with Gasteiger partial charge in [-0.05, 0) is 0 Å². The molecule has 1 aliphatic heterocycles. The van der Waals surface area contributed by atoms with Crippen molar-refractivity contribution in [3.05, 3.63) is 133 Å². The number of hydrogen-bond acceptors (Lipinski definition) is 4. The Hall–Kier alpha value is -2.86. The Bertz CT molecular complexity index is 1830. The van der Waals surface area contributed by atoms with Crippen LogP contribution in [-0.4, -0.2) is 84.8 Å². The van der Waals surface area contributed by atoms with Gasteiger partial charge < -0.3 is 0 Å². The monoisotopic (exact) mass is 1030 g/mol. The van der Waals surface area contributed by atoms with E-state index in [2.05, 4.69) is 118 Å². The first-order valence-electron chi connectivity index (χ1n) is 16.9. The molecule has 1 heterocycles. The standard InChI is InChI=1S/C42H46N2O2.2Pb/c1-8-29-24-30(9-2)26-35(25-29)42-33(16-14-31(10-3)38-20-18-36(43(4)5)27-40(38)45)12-11-13-34(42)17-15-32-22-23-46-41-28-37(44(6)7)19-21-39(32)41;;/h10,14-22,24-28,45H,3,8-9,11-13H2,1-2,4-7H3;;/b16-14+,31-10-,32-15+,34-17+;;. The summed E-state index contributed by atoms with van der Waals surface area (Å²) in [5.74, 6) is 1.26. The first-order chi connectivity index (χ1) is 23.1. The second-order valence-electron chi connectivity index (χ2n) is 12.8. The number of phenols is 1. The van der Waals surface area contributed by atoms with Gasteiger partial charge in [0, 0.05) is 0 Å². The Kier molecular flexibility index (Phi) is 12.7. The Morgan fingerprint density at radius 1 is 0.875 bits per heavy atom. The zero-order chi connectivity index (χ0) is 34.4. The Labute approximate surface area is 319 Å². The molecule has 0 spiro atoms. The van der Waals surface area contributed by atoms with Gasteiger partial charge in [0.25, 0.3) is 0 Å². The molecular formula is C42H46N2O2Pb2. The van der Waals surface area contributed by atoms with Crippen molar-refractivity contribution in [1.82, 2.24) is 0 Å². The summed E-state index contributed by atoms with van der Waals surface area (Å²) in [4.78, 5) is 4.14. The van der Waals surface area contributed by atoms with Crippen molar-refractivity contribution in [3.63, 3.8) is 0 Å². The molecule has 1 N–H and O–H groups in total. The second kappa shape index (κ2) is 16.7. The van der Waals surface area contributed by atoms with Gasteiger partial charge in [-0.1, -0.05) is 0 Å². The molecule has 0 fully saturated rings. The number of benzene rings is 3. The van der Waals surface area contributed by atoms with Gasteiger partial charge in [0.15, 0.2) is 0 Å². The van der Waals surface area contributed by atoms with Crippen LogP contribution in [0, 0.1) is 0 Å².